The van der Waals surface area contributed by atoms with Gasteiger partial charge in [0.15, 0.2) is 0 Å². The molecule has 1 aromatic rings. The molecule has 0 saturated carbocycles. The van der Waals surface area contributed by atoms with Gasteiger partial charge in [-0.15, -0.1) is 5.73 Å². The molecule has 0 aliphatic rings. The molecule has 0 fully saturated rings. The van der Waals surface area contributed by atoms with E-state index in [1.165, 1.54) is 0 Å². The molecule has 16 heavy (non-hydrogen) atoms. The van der Waals surface area contributed by atoms with Crippen LogP contribution >= 0.6 is 0 Å². The number of aliphatic hydroxyl groups is 1. The molecule has 0 amide bonds. The Morgan fingerprint density at radius 2 is 1.75 bits per heavy atom. The Morgan fingerprint density at radius 1 is 1.25 bits per heavy atom. The van der Waals surface area contributed by atoms with Crippen molar-refractivity contribution in [2.45, 2.75) is 32.2 Å². The first-order valence-electron chi connectivity index (χ1n) is 5.49. The minimum Gasteiger partial charge on any atom is -0.381 e. The van der Waals surface area contributed by atoms with Gasteiger partial charge in [-0.25, -0.2) is 0 Å². The lowest BCUT2D eigenvalue weighted by atomic mass is 9.96. The van der Waals surface area contributed by atoms with E-state index in [0.717, 1.165) is 10.8 Å². The molecule has 0 unspecified atom stereocenters. The number of rotatable bonds is 3. The summed E-state index contributed by atoms with van der Waals surface area (Å²) < 4.78 is 0. The first-order chi connectivity index (χ1) is 7.30. The van der Waals surface area contributed by atoms with Gasteiger partial charge in [0.2, 0.25) is 0 Å². The molecule has 0 spiro atoms. The maximum atomic E-state index is 10.7. The molecule has 86 valence electrons. The Labute approximate surface area is 99.1 Å². The molecule has 1 rings (SSSR count). The van der Waals surface area contributed by atoms with Crippen molar-refractivity contribution in [3.63, 3.8) is 0 Å². The van der Waals surface area contributed by atoms with Crippen LogP contribution in [0.2, 0.25) is 19.6 Å². The first-order valence-corrected chi connectivity index (χ1v) is 8.99. The van der Waals surface area contributed by atoms with Gasteiger partial charge in [-0.05, 0) is 17.7 Å². The number of hydrogen-bond acceptors (Lipinski definition) is 1. The molecular formula is C14H20OSi. The van der Waals surface area contributed by atoms with Crippen molar-refractivity contribution < 1.29 is 5.11 Å². The second kappa shape index (κ2) is 4.42. The third-order valence-electron chi connectivity index (χ3n) is 2.75. The van der Waals surface area contributed by atoms with E-state index in [1.807, 2.05) is 37.3 Å². The van der Waals surface area contributed by atoms with Gasteiger partial charge in [-0.2, -0.15) is 0 Å². The highest BCUT2D eigenvalue weighted by Gasteiger charge is 2.36. The summed E-state index contributed by atoms with van der Waals surface area (Å²) in [6.45, 7) is 12.1. The van der Waals surface area contributed by atoms with E-state index in [4.69, 9.17) is 0 Å². The fourth-order valence-electron chi connectivity index (χ4n) is 2.07. The standard InChI is InChI=1S/C14H20OSi/c1-6-13(16(3,4)5)14(2,15)12-10-8-7-9-11-12/h7-11,15H,1H2,2-5H3/t14-/m1/s1. The minimum absolute atomic E-state index is 0.906. The van der Waals surface area contributed by atoms with Crippen LogP contribution in [0, 0.1) is 0 Å². The molecule has 1 aromatic carbocycles. The molecule has 0 bridgehead atoms. The highest BCUT2D eigenvalue weighted by molar-refractivity contribution is 6.83. The lowest BCUT2D eigenvalue weighted by molar-refractivity contribution is 0.105. The topological polar surface area (TPSA) is 20.2 Å². The molecule has 0 aromatic heterocycles. The average molecular weight is 232 g/mol. The summed E-state index contributed by atoms with van der Waals surface area (Å²) in [4.78, 5) is 0. The fourth-order valence-corrected chi connectivity index (χ4v) is 4.21. The maximum Gasteiger partial charge on any atom is 0.111 e. The minimum atomic E-state index is -1.61. The van der Waals surface area contributed by atoms with Crippen LogP contribution in [0.4, 0.5) is 0 Å². The van der Waals surface area contributed by atoms with E-state index in [2.05, 4.69) is 32.0 Å². The smallest absolute Gasteiger partial charge is 0.111 e. The van der Waals surface area contributed by atoms with Crippen LogP contribution in [0.15, 0.2) is 47.8 Å². The van der Waals surface area contributed by atoms with Gasteiger partial charge in [0.25, 0.3) is 0 Å². The van der Waals surface area contributed by atoms with Crippen LogP contribution in [-0.2, 0) is 5.60 Å². The van der Waals surface area contributed by atoms with Gasteiger partial charge in [0.05, 0.1) is 8.07 Å². The van der Waals surface area contributed by atoms with Gasteiger partial charge in [0.1, 0.15) is 5.60 Å². The molecule has 0 heterocycles. The molecule has 0 aliphatic heterocycles. The van der Waals surface area contributed by atoms with Gasteiger partial charge >= 0.3 is 0 Å². The zero-order valence-electron chi connectivity index (χ0n) is 10.5. The van der Waals surface area contributed by atoms with Gasteiger partial charge in [-0.3, -0.25) is 0 Å². The van der Waals surface area contributed by atoms with Crippen LogP contribution < -0.4 is 0 Å². The van der Waals surface area contributed by atoms with Crippen LogP contribution in [0.3, 0.4) is 0 Å². The Bertz CT molecular complexity index is 406. The Kier molecular flexibility index (Phi) is 3.59. The Morgan fingerprint density at radius 3 is 2.12 bits per heavy atom. The van der Waals surface area contributed by atoms with Crippen LogP contribution in [0.5, 0.6) is 0 Å². The summed E-state index contributed by atoms with van der Waals surface area (Å²) in [5, 5.41) is 11.6. The van der Waals surface area contributed by atoms with Crippen LogP contribution in [0.1, 0.15) is 12.5 Å². The highest BCUT2D eigenvalue weighted by atomic mass is 28.3. The van der Waals surface area contributed by atoms with Crippen molar-refractivity contribution in [1.82, 2.24) is 0 Å². The molecule has 2 heteroatoms. The van der Waals surface area contributed by atoms with E-state index in [-0.39, 0.29) is 0 Å². The predicted molar refractivity (Wildman–Crippen MR) is 72.0 cm³/mol. The summed E-state index contributed by atoms with van der Waals surface area (Å²) in [6, 6.07) is 9.71. The van der Waals surface area contributed by atoms with Crippen LogP contribution in [-0.4, -0.2) is 13.2 Å². The lowest BCUT2D eigenvalue weighted by Gasteiger charge is -2.33. The number of hydrogen-bond donors (Lipinski definition) is 1. The summed E-state index contributed by atoms with van der Waals surface area (Å²) >= 11 is 0. The van der Waals surface area contributed by atoms with E-state index >= 15 is 0 Å². The normalized spacial score (nSPS) is 15.1. The van der Waals surface area contributed by atoms with Crippen LogP contribution in [0.25, 0.3) is 0 Å². The molecular weight excluding hydrogens is 212 g/mol. The summed E-state index contributed by atoms with van der Waals surface area (Å²) in [6.07, 6.45) is 0. The monoisotopic (exact) mass is 232 g/mol. The summed E-state index contributed by atoms with van der Waals surface area (Å²) in [5.41, 5.74) is 2.91. The zero-order chi connectivity index (χ0) is 12.4. The SMILES string of the molecule is C=C=C([C@](C)(O)c1ccccc1)[Si](C)(C)C. The van der Waals surface area contributed by atoms with E-state index in [0.29, 0.717) is 0 Å². The first kappa shape index (κ1) is 13.0. The third kappa shape index (κ3) is 2.53. The van der Waals surface area contributed by atoms with Crippen molar-refractivity contribution in [3.05, 3.63) is 53.4 Å². The van der Waals surface area contributed by atoms with Crippen molar-refractivity contribution in [3.8, 4) is 0 Å². The third-order valence-corrected chi connectivity index (χ3v) is 4.91. The summed E-state index contributed by atoms with van der Waals surface area (Å²) in [7, 11) is -1.61. The quantitative estimate of drug-likeness (QED) is 0.625. The molecule has 1 nitrogen and oxygen atoms in total. The maximum absolute atomic E-state index is 10.7. The average Bonchev–Trinajstić information content (AvgIpc) is 2.17. The van der Waals surface area contributed by atoms with Gasteiger partial charge in [0, 0.05) is 0 Å². The molecule has 1 N–H and O–H groups in total. The summed E-state index contributed by atoms with van der Waals surface area (Å²) in [5.74, 6) is 0. The number of benzene rings is 1. The van der Waals surface area contributed by atoms with Crippen molar-refractivity contribution in [2.24, 2.45) is 0 Å². The van der Waals surface area contributed by atoms with E-state index < -0.39 is 13.7 Å². The highest BCUT2D eigenvalue weighted by Crippen LogP contribution is 2.33. The van der Waals surface area contributed by atoms with E-state index in [1.54, 1.807) is 0 Å². The van der Waals surface area contributed by atoms with Gasteiger partial charge < -0.3 is 5.11 Å². The molecule has 0 aliphatic carbocycles. The van der Waals surface area contributed by atoms with Crippen molar-refractivity contribution in [2.75, 3.05) is 0 Å². The lowest BCUT2D eigenvalue weighted by Crippen LogP contribution is -2.38. The Hall–Kier alpha value is -1.08. The van der Waals surface area contributed by atoms with Crippen molar-refractivity contribution >= 4 is 8.07 Å². The Balaban J connectivity index is 3.27. The van der Waals surface area contributed by atoms with Gasteiger partial charge in [-0.1, -0.05) is 56.6 Å². The fraction of sp³-hybridized carbons (Fsp3) is 0.357. The molecule has 1 atom stereocenters. The second-order valence-corrected chi connectivity index (χ2v) is 10.2. The predicted octanol–water partition coefficient (Wildman–Crippen LogP) is 3.48. The van der Waals surface area contributed by atoms with E-state index in [9.17, 15) is 5.11 Å². The largest absolute Gasteiger partial charge is 0.381 e. The molecule has 0 radical (unpaired) electrons. The molecule has 0 saturated heterocycles. The van der Waals surface area contributed by atoms with Crippen molar-refractivity contribution in [1.29, 1.82) is 0 Å². The second-order valence-electron chi connectivity index (χ2n) is 5.24. The zero-order valence-corrected chi connectivity index (χ0v) is 11.5.